The van der Waals surface area contributed by atoms with Gasteiger partial charge >= 0.3 is 0 Å². The Labute approximate surface area is 103 Å². The molecule has 0 fully saturated rings. The molecule has 4 nitrogen and oxygen atoms in total. The summed E-state index contributed by atoms with van der Waals surface area (Å²) in [6.45, 7) is 3.52. The molecule has 0 saturated heterocycles. The highest BCUT2D eigenvalue weighted by molar-refractivity contribution is 6.03. The van der Waals surface area contributed by atoms with E-state index in [9.17, 15) is 18.4 Å². The molecule has 0 spiro atoms. The highest BCUT2D eigenvalue weighted by Gasteiger charge is 2.12. The summed E-state index contributed by atoms with van der Waals surface area (Å²) < 4.78 is 25.8. The molecule has 1 aromatic carbocycles. The second-order valence-electron chi connectivity index (χ2n) is 4.07. The number of carbonyl (C=O) groups excluding carboxylic acids is 2. The zero-order chi connectivity index (χ0) is 13.7. The van der Waals surface area contributed by atoms with Crippen molar-refractivity contribution < 1.29 is 18.4 Å². The Hall–Kier alpha value is -1.98. The molecule has 0 saturated carbocycles. The molecule has 0 aromatic heterocycles. The van der Waals surface area contributed by atoms with Crippen molar-refractivity contribution in [3.05, 3.63) is 29.8 Å². The van der Waals surface area contributed by atoms with Gasteiger partial charge in [-0.2, -0.15) is 0 Å². The van der Waals surface area contributed by atoms with Crippen molar-refractivity contribution in [1.82, 2.24) is 5.32 Å². The van der Waals surface area contributed by atoms with E-state index in [0.29, 0.717) is 6.07 Å². The molecule has 1 aromatic rings. The number of carbonyl (C=O) groups is 2. The van der Waals surface area contributed by atoms with Gasteiger partial charge in [-0.1, -0.05) is 0 Å². The van der Waals surface area contributed by atoms with Gasteiger partial charge in [0.2, 0.25) is 11.8 Å². The van der Waals surface area contributed by atoms with Gasteiger partial charge in [0.05, 0.1) is 5.69 Å². The summed E-state index contributed by atoms with van der Waals surface area (Å²) in [4.78, 5) is 22.7. The number of hydrogen-bond acceptors (Lipinski definition) is 2. The largest absolute Gasteiger partial charge is 0.353 e. The van der Waals surface area contributed by atoms with E-state index in [1.54, 1.807) is 13.8 Å². The molecule has 6 heteroatoms. The molecule has 0 atom stereocenters. The lowest BCUT2D eigenvalue weighted by atomic mass is 10.2. The highest BCUT2D eigenvalue weighted by atomic mass is 19.1. The Bertz CT molecular complexity index is 461. The second kappa shape index (κ2) is 6.09. The van der Waals surface area contributed by atoms with Gasteiger partial charge in [-0.05, 0) is 26.0 Å². The number of halogens is 2. The fourth-order valence-electron chi connectivity index (χ4n) is 1.30. The van der Waals surface area contributed by atoms with Crippen LogP contribution in [0.3, 0.4) is 0 Å². The maximum atomic E-state index is 13.2. The maximum Gasteiger partial charge on any atom is 0.233 e. The molecule has 0 unspecified atom stereocenters. The van der Waals surface area contributed by atoms with Crippen LogP contribution in [0.4, 0.5) is 14.5 Å². The molecule has 2 amide bonds. The summed E-state index contributed by atoms with van der Waals surface area (Å²) in [6, 6.07) is 2.70. The standard InChI is InChI=1S/C12H14F2N2O2/c1-7(2)15-11(17)6-12(18)16-10-4-3-8(13)5-9(10)14/h3-5,7H,6H2,1-2H3,(H,15,17)(H,16,18). The van der Waals surface area contributed by atoms with Crippen LogP contribution in [0.2, 0.25) is 0 Å². The first kappa shape index (κ1) is 14.1. The van der Waals surface area contributed by atoms with Crippen molar-refractivity contribution in [3.63, 3.8) is 0 Å². The first-order valence-corrected chi connectivity index (χ1v) is 5.42. The highest BCUT2D eigenvalue weighted by Crippen LogP contribution is 2.14. The average Bonchev–Trinajstić information content (AvgIpc) is 2.20. The summed E-state index contributed by atoms with van der Waals surface area (Å²) in [6.07, 6.45) is -0.408. The predicted molar refractivity (Wildman–Crippen MR) is 62.9 cm³/mol. The number of nitrogens with one attached hydrogen (secondary N) is 2. The van der Waals surface area contributed by atoms with Crippen molar-refractivity contribution >= 4 is 17.5 Å². The molecule has 0 bridgehead atoms. The molecule has 0 heterocycles. The van der Waals surface area contributed by atoms with Crippen LogP contribution >= 0.6 is 0 Å². The van der Waals surface area contributed by atoms with Crippen LogP contribution in [0.1, 0.15) is 20.3 Å². The molecule has 0 aliphatic carbocycles. The number of hydrogen-bond donors (Lipinski definition) is 2. The Balaban J connectivity index is 2.57. The lowest BCUT2D eigenvalue weighted by Crippen LogP contribution is -2.33. The van der Waals surface area contributed by atoms with Gasteiger partial charge in [-0.15, -0.1) is 0 Å². The van der Waals surface area contributed by atoms with Crippen molar-refractivity contribution in [2.24, 2.45) is 0 Å². The number of anilines is 1. The zero-order valence-corrected chi connectivity index (χ0v) is 10.1. The van der Waals surface area contributed by atoms with Gasteiger partial charge in [0.15, 0.2) is 0 Å². The molecule has 98 valence electrons. The predicted octanol–water partition coefficient (Wildman–Crippen LogP) is 1.82. The fourth-order valence-corrected chi connectivity index (χ4v) is 1.30. The van der Waals surface area contributed by atoms with Crippen LogP contribution in [0, 0.1) is 11.6 Å². The maximum absolute atomic E-state index is 13.2. The van der Waals surface area contributed by atoms with Crippen molar-refractivity contribution in [2.45, 2.75) is 26.3 Å². The molecule has 1 rings (SSSR count). The van der Waals surface area contributed by atoms with Crippen LogP contribution in [-0.2, 0) is 9.59 Å². The normalized spacial score (nSPS) is 10.3. The molecular formula is C12H14F2N2O2. The third kappa shape index (κ3) is 4.48. The molecule has 0 aliphatic heterocycles. The van der Waals surface area contributed by atoms with Crippen molar-refractivity contribution in [1.29, 1.82) is 0 Å². The van der Waals surface area contributed by atoms with Crippen LogP contribution in [-0.4, -0.2) is 17.9 Å². The second-order valence-corrected chi connectivity index (χ2v) is 4.07. The summed E-state index contributed by atoms with van der Waals surface area (Å²) in [5.41, 5.74) is -0.154. The Morgan fingerprint density at radius 1 is 1.22 bits per heavy atom. The van der Waals surface area contributed by atoms with Crippen molar-refractivity contribution in [2.75, 3.05) is 5.32 Å². The lowest BCUT2D eigenvalue weighted by molar-refractivity contribution is -0.127. The lowest BCUT2D eigenvalue weighted by Gasteiger charge is -2.09. The summed E-state index contributed by atoms with van der Waals surface area (Å²) in [5.74, 6) is -2.72. The first-order valence-electron chi connectivity index (χ1n) is 5.42. The van der Waals surface area contributed by atoms with Gasteiger partial charge < -0.3 is 10.6 Å². The summed E-state index contributed by atoms with van der Waals surface area (Å²) in [5, 5.41) is 4.73. The zero-order valence-electron chi connectivity index (χ0n) is 10.1. The van der Waals surface area contributed by atoms with E-state index in [0.717, 1.165) is 12.1 Å². The van der Waals surface area contributed by atoms with Crippen LogP contribution in [0.5, 0.6) is 0 Å². The quantitative estimate of drug-likeness (QED) is 0.807. The van der Waals surface area contributed by atoms with Crippen LogP contribution in [0.25, 0.3) is 0 Å². The van der Waals surface area contributed by atoms with Crippen LogP contribution in [0.15, 0.2) is 18.2 Å². The monoisotopic (exact) mass is 256 g/mol. The van der Waals surface area contributed by atoms with Crippen LogP contribution < -0.4 is 10.6 Å². The van der Waals surface area contributed by atoms with E-state index in [2.05, 4.69) is 10.6 Å². The van der Waals surface area contributed by atoms with E-state index >= 15 is 0 Å². The first-order chi connectivity index (χ1) is 8.38. The van der Waals surface area contributed by atoms with Gasteiger partial charge in [0.1, 0.15) is 18.1 Å². The van der Waals surface area contributed by atoms with Gasteiger partial charge in [0.25, 0.3) is 0 Å². The van der Waals surface area contributed by atoms with E-state index in [-0.39, 0.29) is 11.7 Å². The van der Waals surface area contributed by atoms with E-state index in [1.807, 2.05) is 0 Å². The number of amides is 2. The van der Waals surface area contributed by atoms with Gasteiger partial charge in [-0.25, -0.2) is 8.78 Å². The molecule has 2 N–H and O–H groups in total. The average molecular weight is 256 g/mol. The molecular weight excluding hydrogens is 242 g/mol. The Morgan fingerprint density at radius 3 is 2.44 bits per heavy atom. The SMILES string of the molecule is CC(C)NC(=O)CC(=O)Nc1ccc(F)cc1F. The fraction of sp³-hybridized carbons (Fsp3) is 0.333. The van der Waals surface area contributed by atoms with E-state index in [4.69, 9.17) is 0 Å². The number of benzene rings is 1. The topological polar surface area (TPSA) is 58.2 Å². The Kier molecular flexibility index (Phi) is 4.76. The summed E-state index contributed by atoms with van der Waals surface area (Å²) >= 11 is 0. The van der Waals surface area contributed by atoms with Gasteiger partial charge in [-0.3, -0.25) is 9.59 Å². The smallest absolute Gasteiger partial charge is 0.233 e. The number of rotatable bonds is 4. The molecule has 0 aliphatic rings. The van der Waals surface area contributed by atoms with E-state index < -0.39 is 29.9 Å². The third-order valence-corrected chi connectivity index (χ3v) is 1.98. The molecule has 0 radical (unpaired) electrons. The summed E-state index contributed by atoms with van der Waals surface area (Å²) in [7, 11) is 0. The minimum atomic E-state index is -0.882. The van der Waals surface area contributed by atoms with Crippen molar-refractivity contribution in [3.8, 4) is 0 Å². The minimum absolute atomic E-state index is 0.0761. The van der Waals surface area contributed by atoms with E-state index in [1.165, 1.54) is 0 Å². The minimum Gasteiger partial charge on any atom is -0.353 e. The van der Waals surface area contributed by atoms with Gasteiger partial charge in [0, 0.05) is 12.1 Å². The Morgan fingerprint density at radius 2 is 1.89 bits per heavy atom. The third-order valence-electron chi connectivity index (χ3n) is 1.98. The molecule has 18 heavy (non-hydrogen) atoms.